The summed E-state index contributed by atoms with van der Waals surface area (Å²) in [5, 5.41) is 7.55. The zero-order valence-electron chi connectivity index (χ0n) is 26.2. The van der Waals surface area contributed by atoms with Gasteiger partial charge in [-0.3, -0.25) is 0 Å². The molecule has 0 aliphatic carbocycles. The quantitative estimate of drug-likeness (QED) is 0.188. The Morgan fingerprint density at radius 3 is 1.58 bits per heavy atom. The summed E-state index contributed by atoms with van der Waals surface area (Å²) < 4.78 is 4.88. The molecule has 0 N–H and O–H groups in total. The molecule has 0 amide bonds. The van der Waals surface area contributed by atoms with E-state index in [1.807, 2.05) is 0 Å². The van der Waals surface area contributed by atoms with Crippen LogP contribution in [0.25, 0.3) is 88.0 Å². The van der Waals surface area contributed by atoms with Gasteiger partial charge in [0.1, 0.15) is 0 Å². The van der Waals surface area contributed by atoms with Gasteiger partial charge in [-0.05, 0) is 87.6 Å². The van der Waals surface area contributed by atoms with Gasteiger partial charge in [0.05, 0.1) is 22.1 Å². The molecule has 2 heteroatoms. The number of nitrogens with zero attached hydrogens (tertiary/aromatic N) is 2. The molecule has 0 bridgehead atoms. The largest absolute Gasteiger partial charge is 0.309 e. The Labute approximate surface area is 278 Å². The molecular weight excluding hydrogens is 581 g/mol. The van der Waals surface area contributed by atoms with E-state index < -0.39 is 0 Å². The van der Waals surface area contributed by atoms with E-state index in [4.69, 9.17) is 0 Å². The van der Waals surface area contributed by atoms with Gasteiger partial charge in [0.25, 0.3) is 0 Å². The van der Waals surface area contributed by atoms with E-state index in [1.165, 1.54) is 76.6 Å². The van der Waals surface area contributed by atoms with Crippen LogP contribution in [0.4, 0.5) is 0 Å². The Balaban J connectivity index is 1.28. The second-order valence-electron chi connectivity index (χ2n) is 12.6. The molecule has 0 unspecified atom stereocenters. The standard InChI is InChI=1S/C46H30N2/c1-3-14-31(15-4-1)37-22-9-10-23-38(37)34-18-13-21-36(26-34)48-43-25-12-11-24-39(43)41-29-42-40-27-32-16-7-8-17-33(32)28-44(40)47(46(42)30-45(41)48)35-19-5-2-6-20-35/h1-30H. The van der Waals surface area contributed by atoms with Crippen molar-refractivity contribution in [3.63, 3.8) is 0 Å². The molecule has 10 rings (SSSR count). The summed E-state index contributed by atoms with van der Waals surface area (Å²) in [6, 6.07) is 66.2. The lowest BCUT2D eigenvalue weighted by Gasteiger charge is -2.14. The first kappa shape index (κ1) is 26.8. The van der Waals surface area contributed by atoms with Crippen molar-refractivity contribution >= 4 is 54.4 Å². The lowest BCUT2D eigenvalue weighted by Crippen LogP contribution is -1.96. The van der Waals surface area contributed by atoms with Gasteiger partial charge in [0.15, 0.2) is 0 Å². The van der Waals surface area contributed by atoms with Gasteiger partial charge in [-0.15, -0.1) is 0 Å². The molecule has 2 aromatic heterocycles. The Bertz CT molecular complexity index is 2820. The average molecular weight is 611 g/mol. The van der Waals surface area contributed by atoms with Crippen molar-refractivity contribution in [2.75, 3.05) is 0 Å². The van der Waals surface area contributed by atoms with Crippen molar-refractivity contribution in [2.45, 2.75) is 0 Å². The lowest BCUT2D eigenvalue weighted by molar-refractivity contribution is 1.17. The molecule has 0 fully saturated rings. The molecule has 8 aromatic carbocycles. The normalized spacial score (nSPS) is 11.8. The second kappa shape index (κ2) is 10.6. The maximum Gasteiger partial charge on any atom is 0.0562 e. The fourth-order valence-corrected chi connectivity index (χ4v) is 7.71. The van der Waals surface area contributed by atoms with Gasteiger partial charge in [0.2, 0.25) is 0 Å². The fraction of sp³-hybridized carbons (Fsp3) is 0. The highest BCUT2D eigenvalue weighted by atomic mass is 15.0. The SMILES string of the molecule is c1ccc(-c2ccccc2-c2cccc(-n3c4ccccc4c4cc5c6cc7ccccc7cc6n(-c6ccccc6)c5cc43)c2)cc1. The third kappa shape index (κ3) is 4.06. The van der Waals surface area contributed by atoms with Crippen molar-refractivity contribution in [2.24, 2.45) is 0 Å². The third-order valence-electron chi connectivity index (χ3n) is 9.87. The van der Waals surface area contributed by atoms with Crippen LogP contribution < -0.4 is 0 Å². The zero-order valence-corrected chi connectivity index (χ0v) is 26.2. The first-order valence-corrected chi connectivity index (χ1v) is 16.5. The van der Waals surface area contributed by atoms with Crippen LogP contribution in [0.15, 0.2) is 182 Å². The smallest absolute Gasteiger partial charge is 0.0562 e. The summed E-state index contributed by atoms with van der Waals surface area (Å²) in [4.78, 5) is 0. The number of para-hydroxylation sites is 2. The van der Waals surface area contributed by atoms with E-state index in [-0.39, 0.29) is 0 Å². The Morgan fingerprint density at radius 1 is 0.271 bits per heavy atom. The van der Waals surface area contributed by atoms with Crippen LogP contribution in [-0.2, 0) is 0 Å². The number of hydrogen-bond donors (Lipinski definition) is 0. The van der Waals surface area contributed by atoms with Crippen molar-refractivity contribution in [3.05, 3.63) is 182 Å². The van der Waals surface area contributed by atoms with E-state index in [2.05, 4.69) is 191 Å². The van der Waals surface area contributed by atoms with Gasteiger partial charge < -0.3 is 9.13 Å². The van der Waals surface area contributed by atoms with Crippen LogP contribution in [-0.4, -0.2) is 9.13 Å². The van der Waals surface area contributed by atoms with E-state index >= 15 is 0 Å². The first-order valence-electron chi connectivity index (χ1n) is 16.5. The lowest BCUT2D eigenvalue weighted by atomic mass is 9.94. The molecule has 0 aliphatic heterocycles. The molecule has 0 radical (unpaired) electrons. The molecule has 10 aromatic rings. The monoisotopic (exact) mass is 610 g/mol. The summed E-state index contributed by atoms with van der Waals surface area (Å²) >= 11 is 0. The summed E-state index contributed by atoms with van der Waals surface area (Å²) in [6.07, 6.45) is 0. The van der Waals surface area contributed by atoms with Crippen LogP contribution in [0.1, 0.15) is 0 Å². The highest BCUT2D eigenvalue weighted by molar-refractivity contribution is 6.20. The molecule has 48 heavy (non-hydrogen) atoms. The highest BCUT2D eigenvalue weighted by Crippen LogP contribution is 2.41. The van der Waals surface area contributed by atoms with Gasteiger partial charge in [0, 0.05) is 32.9 Å². The minimum atomic E-state index is 1.15. The summed E-state index contributed by atoms with van der Waals surface area (Å²) in [5.74, 6) is 0. The predicted molar refractivity (Wildman–Crippen MR) is 203 cm³/mol. The average Bonchev–Trinajstić information content (AvgIpc) is 3.65. The van der Waals surface area contributed by atoms with Gasteiger partial charge in [-0.1, -0.05) is 127 Å². The van der Waals surface area contributed by atoms with Gasteiger partial charge in [-0.2, -0.15) is 0 Å². The summed E-state index contributed by atoms with van der Waals surface area (Å²) in [5.41, 5.74) is 12.0. The number of fused-ring (bicyclic) bond motifs is 7. The zero-order chi connectivity index (χ0) is 31.6. The van der Waals surface area contributed by atoms with E-state index in [9.17, 15) is 0 Å². The molecule has 0 spiro atoms. The summed E-state index contributed by atoms with van der Waals surface area (Å²) in [7, 11) is 0. The van der Waals surface area contributed by atoms with Crippen LogP contribution in [0.2, 0.25) is 0 Å². The van der Waals surface area contributed by atoms with Gasteiger partial charge >= 0.3 is 0 Å². The van der Waals surface area contributed by atoms with Crippen LogP contribution >= 0.6 is 0 Å². The fourth-order valence-electron chi connectivity index (χ4n) is 7.71. The minimum Gasteiger partial charge on any atom is -0.309 e. The van der Waals surface area contributed by atoms with Crippen LogP contribution in [0.5, 0.6) is 0 Å². The number of benzene rings is 8. The van der Waals surface area contributed by atoms with Crippen molar-refractivity contribution < 1.29 is 0 Å². The maximum atomic E-state index is 2.45. The number of hydrogen-bond acceptors (Lipinski definition) is 0. The molecule has 2 heterocycles. The number of aromatic nitrogens is 2. The maximum absolute atomic E-state index is 2.45. The third-order valence-corrected chi connectivity index (χ3v) is 9.87. The Morgan fingerprint density at radius 2 is 0.792 bits per heavy atom. The second-order valence-corrected chi connectivity index (χ2v) is 12.6. The topological polar surface area (TPSA) is 9.86 Å². The Hall–Kier alpha value is -6.38. The molecule has 0 saturated heterocycles. The van der Waals surface area contributed by atoms with E-state index in [0.29, 0.717) is 0 Å². The predicted octanol–water partition coefficient (Wildman–Crippen LogP) is 12.4. The van der Waals surface area contributed by atoms with E-state index in [1.54, 1.807) is 0 Å². The molecule has 224 valence electrons. The van der Waals surface area contributed by atoms with Crippen molar-refractivity contribution in [1.29, 1.82) is 0 Å². The number of rotatable bonds is 4. The molecule has 2 nitrogen and oxygen atoms in total. The van der Waals surface area contributed by atoms with Gasteiger partial charge in [-0.25, -0.2) is 0 Å². The van der Waals surface area contributed by atoms with Crippen molar-refractivity contribution in [3.8, 4) is 33.6 Å². The molecule has 0 saturated carbocycles. The van der Waals surface area contributed by atoms with Crippen LogP contribution in [0.3, 0.4) is 0 Å². The highest BCUT2D eigenvalue weighted by Gasteiger charge is 2.19. The Kier molecular flexibility index (Phi) is 5.91. The van der Waals surface area contributed by atoms with Crippen molar-refractivity contribution in [1.82, 2.24) is 9.13 Å². The minimum absolute atomic E-state index is 1.15. The summed E-state index contributed by atoms with van der Waals surface area (Å²) in [6.45, 7) is 0. The first-order chi connectivity index (χ1) is 23.8. The molecule has 0 aliphatic rings. The van der Waals surface area contributed by atoms with E-state index in [0.717, 1.165) is 11.4 Å². The molecule has 0 atom stereocenters. The van der Waals surface area contributed by atoms with Crippen LogP contribution in [0, 0.1) is 0 Å². The molecular formula is C46H30N2.